The van der Waals surface area contributed by atoms with Gasteiger partial charge >= 0.3 is 0 Å². The number of furan rings is 1. The van der Waals surface area contributed by atoms with Crippen LogP contribution in [0.15, 0.2) is 52.0 Å². The van der Waals surface area contributed by atoms with Gasteiger partial charge in [-0.15, -0.1) is 0 Å². The molecule has 0 radical (unpaired) electrons. The highest BCUT2D eigenvalue weighted by Crippen LogP contribution is 2.27. The fourth-order valence-electron chi connectivity index (χ4n) is 4.40. The minimum absolute atomic E-state index is 0.0145. The van der Waals surface area contributed by atoms with Gasteiger partial charge in [0.15, 0.2) is 0 Å². The molecule has 2 aliphatic heterocycles. The Labute approximate surface area is 188 Å². The Kier molecular flexibility index (Phi) is 7.01. The molecule has 1 atom stereocenters. The summed E-state index contributed by atoms with van der Waals surface area (Å²) in [5, 5.41) is 3.58. The standard InChI is InChI=1S/C22H28ClN3O4S/c23-18-5-7-19(8-6-18)31(28,29)26-13-9-17(10-14-26)22(27)24-16-20(21-4-3-15-30-21)25-11-1-2-12-25/h3-8,15,17,20H,1-2,9-14,16H2,(H,24,27). The van der Waals surface area contributed by atoms with Crippen molar-refractivity contribution in [3.05, 3.63) is 53.4 Å². The second kappa shape index (κ2) is 9.73. The first-order valence-electron chi connectivity index (χ1n) is 10.8. The maximum absolute atomic E-state index is 12.8. The van der Waals surface area contributed by atoms with Crippen LogP contribution in [-0.4, -0.2) is 56.3 Å². The lowest BCUT2D eigenvalue weighted by Crippen LogP contribution is -2.44. The van der Waals surface area contributed by atoms with Crippen molar-refractivity contribution in [3.63, 3.8) is 0 Å². The molecule has 0 saturated carbocycles. The third kappa shape index (κ3) is 5.14. The fourth-order valence-corrected chi connectivity index (χ4v) is 6.00. The Balaban J connectivity index is 1.32. The van der Waals surface area contributed by atoms with E-state index < -0.39 is 10.0 Å². The van der Waals surface area contributed by atoms with Crippen molar-refractivity contribution >= 4 is 27.5 Å². The average molecular weight is 466 g/mol. The van der Waals surface area contributed by atoms with E-state index in [1.54, 1.807) is 18.4 Å². The van der Waals surface area contributed by atoms with E-state index in [0.717, 1.165) is 31.7 Å². The van der Waals surface area contributed by atoms with E-state index in [1.165, 1.54) is 16.4 Å². The predicted molar refractivity (Wildman–Crippen MR) is 118 cm³/mol. The van der Waals surface area contributed by atoms with E-state index in [4.69, 9.17) is 16.0 Å². The Bertz CT molecular complexity index is 965. The molecule has 168 valence electrons. The van der Waals surface area contributed by atoms with Gasteiger partial charge in [0.2, 0.25) is 15.9 Å². The zero-order chi connectivity index (χ0) is 21.8. The van der Waals surface area contributed by atoms with Gasteiger partial charge in [-0.2, -0.15) is 4.31 Å². The van der Waals surface area contributed by atoms with Crippen LogP contribution in [0.3, 0.4) is 0 Å². The maximum Gasteiger partial charge on any atom is 0.243 e. The van der Waals surface area contributed by atoms with E-state index in [2.05, 4.69) is 10.2 Å². The summed E-state index contributed by atoms with van der Waals surface area (Å²) in [7, 11) is -3.57. The number of hydrogen-bond donors (Lipinski definition) is 1. The molecule has 0 aliphatic carbocycles. The van der Waals surface area contributed by atoms with Crippen LogP contribution >= 0.6 is 11.6 Å². The molecule has 1 aromatic heterocycles. The molecule has 9 heteroatoms. The molecule has 31 heavy (non-hydrogen) atoms. The highest BCUT2D eigenvalue weighted by atomic mass is 35.5. The normalized spacial score (nSPS) is 20.0. The quantitative estimate of drug-likeness (QED) is 0.678. The Hall–Kier alpha value is -1.87. The van der Waals surface area contributed by atoms with Gasteiger partial charge in [0.05, 0.1) is 17.2 Å². The summed E-state index contributed by atoms with van der Waals surface area (Å²) in [6.07, 6.45) is 5.00. The minimum atomic E-state index is -3.57. The number of likely N-dealkylation sites (tertiary alicyclic amines) is 1. The Morgan fingerprint density at radius 3 is 2.39 bits per heavy atom. The molecule has 1 N–H and O–H groups in total. The van der Waals surface area contributed by atoms with Crippen molar-refractivity contribution in [3.8, 4) is 0 Å². The van der Waals surface area contributed by atoms with Crippen molar-refractivity contribution < 1.29 is 17.6 Å². The van der Waals surface area contributed by atoms with Gasteiger partial charge in [-0.05, 0) is 75.2 Å². The van der Waals surface area contributed by atoms with Crippen molar-refractivity contribution in [2.75, 3.05) is 32.7 Å². The van der Waals surface area contributed by atoms with Crippen LogP contribution < -0.4 is 5.32 Å². The second-order valence-corrected chi connectivity index (χ2v) is 10.5. The lowest BCUT2D eigenvalue weighted by Gasteiger charge is -2.31. The topological polar surface area (TPSA) is 82.9 Å². The Morgan fingerprint density at radius 2 is 1.77 bits per heavy atom. The average Bonchev–Trinajstić information content (AvgIpc) is 3.49. The summed E-state index contributed by atoms with van der Waals surface area (Å²) in [6, 6.07) is 10.0. The van der Waals surface area contributed by atoms with Gasteiger partial charge in [-0.3, -0.25) is 9.69 Å². The van der Waals surface area contributed by atoms with E-state index in [0.29, 0.717) is 37.5 Å². The molecule has 2 saturated heterocycles. The lowest BCUT2D eigenvalue weighted by molar-refractivity contribution is -0.126. The number of sulfonamides is 1. The molecule has 0 spiro atoms. The summed E-state index contributed by atoms with van der Waals surface area (Å²) in [5.74, 6) is 0.665. The van der Waals surface area contributed by atoms with Crippen LogP contribution in [0, 0.1) is 5.92 Å². The molecule has 4 rings (SSSR count). The first kappa shape index (κ1) is 22.3. The fraction of sp³-hybridized carbons (Fsp3) is 0.500. The van der Waals surface area contributed by atoms with Crippen LogP contribution in [-0.2, 0) is 14.8 Å². The van der Waals surface area contributed by atoms with Crippen LogP contribution in [0.4, 0.5) is 0 Å². The number of nitrogens with one attached hydrogen (secondary N) is 1. The minimum Gasteiger partial charge on any atom is -0.468 e. The van der Waals surface area contributed by atoms with Crippen LogP contribution in [0.25, 0.3) is 0 Å². The molecule has 1 amide bonds. The summed E-state index contributed by atoms with van der Waals surface area (Å²) in [6.45, 7) is 3.16. The molecule has 0 bridgehead atoms. The number of amides is 1. The summed E-state index contributed by atoms with van der Waals surface area (Å²) in [4.78, 5) is 15.4. The van der Waals surface area contributed by atoms with E-state index in [9.17, 15) is 13.2 Å². The number of benzene rings is 1. The first-order valence-corrected chi connectivity index (χ1v) is 12.6. The monoisotopic (exact) mass is 465 g/mol. The first-order chi connectivity index (χ1) is 14.9. The van der Waals surface area contributed by atoms with Crippen molar-refractivity contribution in [1.82, 2.24) is 14.5 Å². The number of piperidine rings is 1. The van der Waals surface area contributed by atoms with Crippen LogP contribution in [0.5, 0.6) is 0 Å². The number of hydrogen-bond acceptors (Lipinski definition) is 5. The van der Waals surface area contributed by atoms with Crippen LogP contribution in [0.1, 0.15) is 37.5 Å². The second-order valence-electron chi connectivity index (χ2n) is 8.15. The third-order valence-corrected chi connectivity index (χ3v) is 8.36. The smallest absolute Gasteiger partial charge is 0.243 e. The summed E-state index contributed by atoms with van der Waals surface area (Å²) in [5.41, 5.74) is 0. The van der Waals surface area contributed by atoms with Crippen molar-refractivity contribution in [1.29, 1.82) is 0 Å². The van der Waals surface area contributed by atoms with Gasteiger partial charge in [0, 0.05) is 30.6 Å². The van der Waals surface area contributed by atoms with E-state index in [-0.39, 0.29) is 22.8 Å². The van der Waals surface area contributed by atoms with Crippen LogP contribution in [0.2, 0.25) is 5.02 Å². The van der Waals surface area contributed by atoms with Gasteiger partial charge < -0.3 is 9.73 Å². The number of carbonyl (C=O) groups excluding carboxylic acids is 1. The van der Waals surface area contributed by atoms with Gasteiger partial charge in [-0.25, -0.2) is 8.42 Å². The zero-order valence-corrected chi connectivity index (χ0v) is 18.9. The zero-order valence-electron chi connectivity index (χ0n) is 17.4. The number of halogens is 1. The van der Waals surface area contributed by atoms with E-state index >= 15 is 0 Å². The maximum atomic E-state index is 12.8. The summed E-state index contributed by atoms with van der Waals surface area (Å²) >= 11 is 5.87. The molecule has 2 aliphatic rings. The molecule has 3 heterocycles. The van der Waals surface area contributed by atoms with Gasteiger partial charge in [0.25, 0.3) is 0 Å². The molecule has 2 aromatic rings. The highest BCUT2D eigenvalue weighted by Gasteiger charge is 2.33. The Morgan fingerprint density at radius 1 is 1.10 bits per heavy atom. The number of rotatable bonds is 7. The van der Waals surface area contributed by atoms with E-state index in [1.807, 2.05) is 12.1 Å². The molecule has 1 unspecified atom stereocenters. The molecule has 2 fully saturated rings. The van der Waals surface area contributed by atoms with Crippen molar-refractivity contribution in [2.24, 2.45) is 5.92 Å². The summed E-state index contributed by atoms with van der Waals surface area (Å²) < 4.78 is 32.7. The highest BCUT2D eigenvalue weighted by molar-refractivity contribution is 7.89. The predicted octanol–water partition coefficient (Wildman–Crippen LogP) is 3.29. The van der Waals surface area contributed by atoms with Crippen molar-refractivity contribution in [2.45, 2.75) is 36.6 Å². The molecule has 7 nitrogen and oxygen atoms in total. The number of carbonyl (C=O) groups is 1. The van der Waals surface area contributed by atoms with Gasteiger partial charge in [-0.1, -0.05) is 11.6 Å². The third-order valence-electron chi connectivity index (χ3n) is 6.20. The van der Waals surface area contributed by atoms with Gasteiger partial charge in [0.1, 0.15) is 5.76 Å². The lowest BCUT2D eigenvalue weighted by atomic mass is 9.97. The molecule has 1 aromatic carbocycles. The molecular weight excluding hydrogens is 438 g/mol. The SMILES string of the molecule is O=C(NCC(c1ccco1)N1CCCC1)C1CCN(S(=O)(=O)c2ccc(Cl)cc2)CC1. The largest absolute Gasteiger partial charge is 0.468 e. The molecular formula is C22H28ClN3O4S. The number of nitrogens with zero attached hydrogens (tertiary/aromatic N) is 2.